The minimum absolute atomic E-state index is 0.487. The normalized spacial score (nSPS) is 10.4. The van der Waals surface area contributed by atoms with Crippen LogP contribution < -0.4 is 0 Å². The smallest absolute Gasteiger partial charge is 0.170 e. The van der Waals surface area contributed by atoms with Crippen LogP contribution in [0.1, 0.15) is 11.8 Å². The lowest BCUT2D eigenvalue weighted by atomic mass is 10.3. The molecule has 0 fully saturated rings. The largest absolute Gasteiger partial charge is 0.236 e. The van der Waals surface area contributed by atoms with E-state index in [4.69, 9.17) is 11.6 Å². The van der Waals surface area contributed by atoms with Crippen molar-refractivity contribution in [2.75, 3.05) is 0 Å². The Morgan fingerprint density at radius 3 is 2.86 bits per heavy atom. The molecule has 2 aromatic heterocycles. The van der Waals surface area contributed by atoms with Crippen LogP contribution in [0.4, 0.5) is 0 Å². The van der Waals surface area contributed by atoms with Crippen molar-refractivity contribution in [1.82, 2.24) is 9.97 Å². The fraction of sp³-hybridized carbons (Fsp3) is 0.200. The Balaban J connectivity index is 2.39. The average Bonchev–Trinajstić information content (AvgIpc) is 2.66. The predicted octanol–water partition coefficient (Wildman–Crippen LogP) is 3.42. The second kappa shape index (κ2) is 4.07. The van der Waals surface area contributed by atoms with Crippen LogP contribution in [-0.4, -0.2) is 9.97 Å². The highest BCUT2D eigenvalue weighted by Crippen LogP contribution is 2.25. The van der Waals surface area contributed by atoms with Crippen molar-refractivity contribution in [3.05, 3.63) is 34.4 Å². The maximum Gasteiger partial charge on any atom is 0.170 e. The van der Waals surface area contributed by atoms with Crippen LogP contribution in [0.3, 0.4) is 0 Å². The molecule has 2 rings (SSSR count). The van der Waals surface area contributed by atoms with Gasteiger partial charge >= 0.3 is 0 Å². The number of aryl methyl sites for hydroxylation is 1. The molecule has 2 aromatic rings. The van der Waals surface area contributed by atoms with Crippen molar-refractivity contribution in [2.24, 2.45) is 0 Å². The number of nitrogens with zero attached hydrogens (tertiary/aromatic N) is 2. The second-order valence-corrected chi connectivity index (χ2v) is 4.38. The first-order chi connectivity index (χ1) is 6.79. The van der Waals surface area contributed by atoms with Gasteiger partial charge in [0.15, 0.2) is 5.82 Å². The molecule has 0 aliphatic heterocycles. The van der Waals surface area contributed by atoms with E-state index < -0.39 is 0 Å². The third kappa shape index (κ3) is 1.94. The third-order valence-electron chi connectivity index (χ3n) is 1.85. The predicted molar refractivity (Wildman–Crippen MR) is 59.7 cm³/mol. The van der Waals surface area contributed by atoms with E-state index in [-0.39, 0.29) is 0 Å². The first-order valence-electron chi connectivity index (χ1n) is 4.37. The Labute approximate surface area is 91.6 Å². The van der Waals surface area contributed by atoms with Gasteiger partial charge < -0.3 is 0 Å². The number of hydrogen-bond donors (Lipinski definition) is 0. The van der Waals surface area contributed by atoms with E-state index in [0.29, 0.717) is 11.0 Å². The Kier molecular flexibility index (Phi) is 2.79. The molecule has 0 saturated carbocycles. The molecule has 0 unspecified atom stereocenters. The number of halogens is 1. The molecular formula is C10H9ClN2S. The fourth-order valence-electron chi connectivity index (χ4n) is 1.14. The summed E-state index contributed by atoms with van der Waals surface area (Å²) in [7, 11) is 0. The molecule has 72 valence electrons. The maximum atomic E-state index is 5.79. The number of hydrogen-bond acceptors (Lipinski definition) is 3. The molecule has 0 atom stereocenters. The van der Waals surface area contributed by atoms with Gasteiger partial charge in [-0.1, -0.05) is 18.5 Å². The summed E-state index contributed by atoms with van der Waals surface area (Å²) in [5.74, 6) is 0.710. The summed E-state index contributed by atoms with van der Waals surface area (Å²) in [6, 6.07) is 5.82. The zero-order chi connectivity index (χ0) is 9.97. The highest BCUT2D eigenvalue weighted by molar-refractivity contribution is 7.15. The number of thiophene rings is 1. The van der Waals surface area contributed by atoms with Gasteiger partial charge in [-0.05, 0) is 24.6 Å². The molecule has 0 bridgehead atoms. The van der Waals surface area contributed by atoms with Crippen molar-refractivity contribution in [1.29, 1.82) is 0 Å². The van der Waals surface area contributed by atoms with Gasteiger partial charge in [0.2, 0.25) is 0 Å². The van der Waals surface area contributed by atoms with Crippen LogP contribution in [0.5, 0.6) is 0 Å². The van der Waals surface area contributed by atoms with Gasteiger partial charge in [-0.3, -0.25) is 0 Å². The molecule has 14 heavy (non-hydrogen) atoms. The Bertz CT molecular complexity index is 439. The van der Waals surface area contributed by atoms with Crippen LogP contribution >= 0.6 is 22.9 Å². The van der Waals surface area contributed by atoms with Crippen molar-refractivity contribution in [3.8, 4) is 10.7 Å². The van der Waals surface area contributed by atoms with Gasteiger partial charge in [-0.2, -0.15) is 0 Å². The standard InChI is InChI=1S/C10H9ClN2S/c1-2-7-3-4-8(14-7)10-12-6-5-9(11)13-10/h3-6H,2H2,1H3. The van der Waals surface area contributed by atoms with Crippen molar-refractivity contribution in [3.63, 3.8) is 0 Å². The summed E-state index contributed by atoms with van der Waals surface area (Å²) in [5.41, 5.74) is 0. The number of aromatic nitrogens is 2. The molecule has 0 radical (unpaired) electrons. The van der Waals surface area contributed by atoms with E-state index in [9.17, 15) is 0 Å². The Morgan fingerprint density at radius 1 is 1.36 bits per heavy atom. The minimum atomic E-state index is 0.487. The van der Waals surface area contributed by atoms with E-state index in [0.717, 1.165) is 11.3 Å². The Morgan fingerprint density at radius 2 is 2.21 bits per heavy atom. The van der Waals surface area contributed by atoms with Crippen LogP contribution in [0.25, 0.3) is 10.7 Å². The third-order valence-corrected chi connectivity index (χ3v) is 3.29. The van der Waals surface area contributed by atoms with E-state index in [1.165, 1.54) is 4.88 Å². The molecule has 0 amide bonds. The SMILES string of the molecule is CCc1ccc(-c2nccc(Cl)n2)s1. The molecule has 0 aliphatic carbocycles. The molecule has 2 heterocycles. The second-order valence-electron chi connectivity index (χ2n) is 2.82. The Hall–Kier alpha value is -0.930. The van der Waals surface area contributed by atoms with Crippen molar-refractivity contribution in [2.45, 2.75) is 13.3 Å². The maximum absolute atomic E-state index is 5.79. The number of rotatable bonds is 2. The molecule has 0 N–H and O–H groups in total. The summed E-state index contributed by atoms with van der Waals surface area (Å²) in [6.07, 6.45) is 2.72. The molecule has 4 heteroatoms. The summed E-state index contributed by atoms with van der Waals surface area (Å²) >= 11 is 7.50. The van der Waals surface area contributed by atoms with Gasteiger partial charge in [0.25, 0.3) is 0 Å². The van der Waals surface area contributed by atoms with Gasteiger partial charge in [-0.15, -0.1) is 11.3 Å². The quantitative estimate of drug-likeness (QED) is 0.731. The van der Waals surface area contributed by atoms with Crippen molar-refractivity contribution < 1.29 is 0 Å². The first kappa shape index (κ1) is 9.62. The molecule has 0 aromatic carbocycles. The molecule has 0 spiro atoms. The lowest BCUT2D eigenvalue weighted by Crippen LogP contribution is -1.84. The molecular weight excluding hydrogens is 216 g/mol. The van der Waals surface area contributed by atoms with Crippen LogP contribution in [0.15, 0.2) is 24.4 Å². The molecule has 2 nitrogen and oxygen atoms in total. The van der Waals surface area contributed by atoms with E-state index >= 15 is 0 Å². The van der Waals surface area contributed by atoms with Crippen LogP contribution in [-0.2, 0) is 6.42 Å². The zero-order valence-electron chi connectivity index (χ0n) is 7.70. The van der Waals surface area contributed by atoms with Crippen molar-refractivity contribution >= 4 is 22.9 Å². The minimum Gasteiger partial charge on any atom is -0.236 e. The topological polar surface area (TPSA) is 25.8 Å². The van der Waals surface area contributed by atoms with E-state index in [1.54, 1.807) is 23.6 Å². The molecule has 0 aliphatic rings. The monoisotopic (exact) mass is 224 g/mol. The van der Waals surface area contributed by atoms with Gasteiger partial charge in [0.1, 0.15) is 5.15 Å². The van der Waals surface area contributed by atoms with Crippen LogP contribution in [0.2, 0.25) is 5.15 Å². The summed E-state index contributed by atoms with van der Waals surface area (Å²) in [5, 5.41) is 0.487. The zero-order valence-corrected chi connectivity index (χ0v) is 9.27. The van der Waals surface area contributed by atoms with Gasteiger partial charge in [0, 0.05) is 11.1 Å². The lowest BCUT2D eigenvalue weighted by Gasteiger charge is -1.94. The summed E-state index contributed by atoms with van der Waals surface area (Å²) in [4.78, 5) is 10.7. The lowest BCUT2D eigenvalue weighted by molar-refractivity contribution is 1.19. The van der Waals surface area contributed by atoms with Gasteiger partial charge in [-0.25, -0.2) is 9.97 Å². The highest BCUT2D eigenvalue weighted by Gasteiger charge is 2.04. The van der Waals surface area contributed by atoms with Gasteiger partial charge in [0.05, 0.1) is 4.88 Å². The molecule has 0 saturated heterocycles. The van der Waals surface area contributed by atoms with E-state index in [2.05, 4.69) is 23.0 Å². The van der Waals surface area contributed by atoms with E-state index in [1.807, 2.05) is 6.07 Å². The average molecular weight is 225 g/mol. The summed E-state index contributed by atoms with van der Waals surface area (Å²) in [6.45, 7) is 2.13. The summed E-state index contributed by atoms with van der Waals surface area (Å²) < 4.78 is 0. The van der Waals surface area contributed by atoms with Crippen LogP contribution in [0, 0.1) is 0 Å². The highest BCUT2D eigenvalue weighted by atomic mass is 35.5. The first-order valence-corrected chi connectivity index (χ1v) is 5.56. The fourth-order valence-corrected chi connectivity index (χ4v) is 2.17.